The van der Waals surface area contributed by atoms with E-state index in [9.17, 15) is 9.59 Å². The third-order valence-electron chi connectivity index (χ3n) is 5.61. The summed E-state index contributed by atoms with van der Waals surface area (Å²) in [5.74, 6) is -1.46. The first kappa shape index (κ1) is 43.2. The molecule has 0 atom stereocenters. The molecule has 3 aliphatic heterocycles. The van der Waals surface area contributed by atoms with Gasteiger partial charge in [0.15, 0.2) is 0 Å². The first-order valence-corrected chi connectivity index (χ1v) is 15.6. The van der Waals surface area contributed by atoms with Crippen LogP contribution in [0.25, 0.3) is 0 Å². The Labute approximate surface area is 300 Å². The van der Waals surface area contributed by atoms with Gasteiger partial charge in [-0.05, 0) is 0 Å². The van der Waals surface area contributed by atoms with Gasteiger partial charge in [-0.1, -0.05) is 46.4 Å². The molecule has 1 radical (unpaired) electrons. The van der Waals surface area contributed by atoms with Crippen molar-refractivity contribution in [2.75, 3.05) is 124 Å². The molecule has 239 valence electrons. The number of carbonyl (C=O) groups excluding carboxylic acids is 2. The fraction of sp³-hybridized carbons (Fsp3) is 0.760. The Kier molecular flexibility index (Phi) is 29.3. The van der Waals surface area contributed by atoms with Crippen molar-refractivity contribution in [2.24, 2.45) is 0 Å². The van der Waals surface area contributed by atoms with E-state index in [1.165, 1.54) is 0 Å². The maximum absolute atomic E-state index is 11.0. The summed E-state index contributed by atoms with van der Waals surface area (Å²) in [5, 5.41) is -1.38. The predicted molar refractivity (Wildman–Crippen MR) is 168 cm³/mol. The van der Waals surface area contributed by atoms with Crippen molar-refractivity contribution in [2.45, 2.75) is 0 Å². The number of hydrogen-bond acceptors (Lipinski definition) is 10. The third kappa shape index (κ3) is 19.7. The van der Waals surface area contributed by atoms with Crippen molar-refractivity contribution >= 4 is 111 Å². The largest absolute Gasteiger partial charge is 0.378 e. The van der Waals surface area contributed by atoms with Gasteiger partial charge in [0.05, 0.1) is 84.6 Å². The minimum absolute atomic E-state index is 0. The molecular weight excluding hydrogens is 692 g/mol. The molecule has 10 nitrogen and oxygen atoms in total. The fourth-order valence-corrected chi connectivity index (χ4v) is 4.21. The number of hydrogen-bond donors (Lipinski definition) is 0. The summed E-state index contributed by atoms with van der Waals surface area (Å²) in [6.45, 7) is 13.2. The minimum Gasteiger partial charge on any atom is -0.378 e. The summed E-state index contributed by atoms with van der Waals surface area (Å²) in [7, 11) is 0. The number of fused-ring (bicyclic) bond motifs is 21. The Morgan fingerprint density at radius 3 is 0.762 bits per heavy atom. The Balaban J connectivity index is 0.000000877. The number of ketones is 2. The second-order valence-electron chi connectivity index (χ2n) is 8.37. The average Bonchev–Trinajstić information content (AvgIpc) is 2.97. The van der Waals surface area contributed by atoms with Crippen LogP contribution in [0.1, 0.15) is 0 Å². The Bertz CT molecular complexity index is 688. The first-order valence-electron chi connectivity index (χ1n) is 13.1. The maximum atomic E-state index is 11.0. The molecule has 4 rings (SSSR count). The van der Waals surface area contributed by atoms with E-state index in [2.05, 4.69) is 9.80 Å². The van der Waals surface area contributed by atoms with Crippen LogP contribution in [0, 0.1) is 0 Å². The van der Waals surface area contributed by atoms with Gasteiger partial charge < -0.3 is 28.4 Å². The van der Waals surface area contributed by atoms with Gasteiger partial charge in [0.1, 0.15) is 20.1 Å². The summed E-state index contributed by atoms with van der Waals surface area (Å²) >= 11 is 31.0. The number of alkyl halides is 2. The molecule has 1 aliphatic carbocycles. The minimum atomic E-state index is -0.729. The van der Waals surface area contributed by atoms with E-state index in [0.717, 1.165) is 39.3 Å². The number of rotatable bonds is 0. The Hall–Kier alpha value is 1.24. The van der Waals surface area contributed by atoms with Crippen LogP contribution in [-0.4, -0.2) is 175 Å². The second kappa shape index (κ2) is 28.5. The number of nitrogens with zero attached hydrogens (tertiary/aromatic N) is 2. The second-order valence-corrected chi connectivity index (χ2v) is 10.7. The van der Waals surface area contributed by atoms with E-state index in [1.54, 1.807) is 0 Å². The zero-order chi connectivity index (χ0) is 30.3. The molecule has 4 aliphatic rings. The fourth-order valence-electron chi connectivity index (χ4n) is 3.39. The molecule has 0 saturated carbocycles. The molecule has 0 amide bonds. The van der Waals surface area contributed by atoms with Crippen LogP contribution in [0.3, 0.4) is 0 Å². The standard InChI is InChI=1S/C18H36N2O6.C6Cl4O2.CH2Cl2.Na/c1-7-21-13-14-24-10-4-20-5-11-25-17-15-22-8-2-19(1)3-9-23-16-18-26-12-6-20;7-1-2(8)6(12)4(10)3(9)5(1)11;2-1-3;/h1-18H2;;1H2;. The molecule has 42 heavy (non-hydrogen) atoms. The smallest absolute Gasteiger partial charge is 0.219 e. The van der Waals surface area contributed by atoms with Crippen LogP contribution in [0.2, 0.25) is 0 Å². The normalized spacial score (nSPS) is 24.8. The van der Waals surface area contributed by atoms with Gasteiger partial charge in [0.2, 0.25) is 11.6 Å². The maximum Gasteiger partial charge on any atom is 0.219 e. The van der Waals surface area contributed by atoms with Crippen molar-refractivity contribution in [3.8, 4) is 0 Å². The predicted octanol–water partition coefficient (Wildman–Crippen LogP) is 3.27. The van der Waals surface area contributed by atoms with E-state index in [1.807, 2.05) is 0 Å². The van der Waals surface area contributed by atoms with Gasteiger partial charge in [-0.2, -0.15) is 0 Å². The molecule has 0 aromatic rings. The number of Topliss-reactive ketones (excluding diaryl/α,β-unsaturated/α-hetero) is 2. The molecular formula is C25H38Cl6N2NaO8. The van der Waals surface area contributed by atoms with Gasteiger partial charge in [-0.15, -0.1) is 23.2 Å². The van der Waals surface area contributed by atoms with Gasteiger partial charge in [0.25, 0.3) is 0 Å². The van der Waals surface area contributed by atoms with E-state index < -0.39 is 31.7 Å². The van der Waals surface area contributed by atoms with Crippen molar-refractivity contribution < 1.29 is 38.0 Å². The zero-order valence-corrected chi connectivity index (χ0v) is 30.4. The molecule has 0 aromatic heterocycles. The monoisotopic (exact) mass is 727 g/mol. The molecule has 0 N–H and O–H groups in total. The molecule has 0 unspecified atom stereocenters. The van der Waals surface area contributed by atoms with Gasteiger partial charge in [-0.25, -0.2) is 0 Å². The Morgan fingerprint density at radius 2 is 0.595 bits per heavy atom. The van der Waals surface area contributed by atoms with Crippen molar-refractivity contribution in [3.63, 3.8) is 0 Å². The van der Waals surface area contributed by atoms with Crippen LogP contribution in [0.5, 0.6) is 0 Å². The summed E-state index contributed by atoms with van der Waals surface area (Å²) in [6.07, 6.45) is 0. The van der Waals surface area contributed by atoms with Crippen molar-refractivity contribution in [1.82, 2.24) is 9.80 Å². The number of halogens is 6. The van der Waals surface area contributed by atoms with Crippen LogP contribution < -0.4 is 0 Å². The van der Waals surface area contributed by atoms with Crippen LogP contribution in [0.15, 0.2) is 20.1 Å². The van der Waals surface area contributed by atoms with Crippen LogP contribution in [-0.2, 0) is 38.0 Å². The number of allylic oxidation sites excluding steroid dienone is 4. The van der Waals surface area contributed by atoms with E-state index in [4.69, 9.17) is 98.0 Å². The van der Waals surface area contributed by atoms with E-state index >= 15 is 0 Å². The molecule has 17 heteroatoms. The summed E-state index contributed by atoms with van der Waals surface area (Å²) in [4.78, 5) is 26.6. The molecule has 3 heterocycles. The summed E-state index contributed by atoms with van der Waals surface area (Å²) < 4.78 is 34.2. The zero-order valence-electron chi connectivity index (χ0n) is 23.9. The van der Waals surface area contributed by atoms with Crippen LogP contribution in [0.4, 0.5) is 0 Å². The van der Waals surface area contributed by atoms with Crippen molar-refractivity contribution in [1.29, 1.82) is 0 Å². The van der Waals surface area contributed by atoms with Gasteiger partial charge >= 0.3 is 0 Å². The topological polar surface area (TPSA) is 96.0 Å². The molecule has 3 fully saturated rings. The summed E-state index contributed by atoms with van der Waals surface area (Å²) in [5.41, 5.74) is 0. The number of ether oxygens (including phenoxy) is 6. The quantitative estimate of drug-likeness (QED) is 0.210. The SMILES string of the molecule is C1COCCN2CCOCCOCCN(CCO1)CCOCCOCC2.ClCCl.O=C1C(Cl)=C(Cl)C(=O)C(Cl)=C1Cl.[Na]. The van der Waals surface area contributed by atoms with E-state index in [0.29, 0.717) is 79.3 Å². The molecule has 3 saturated heterocycles. The van der Waals surface area contributed by atoms with Crippen molar-refractivity contribution in [3.05, 3.63) is 20.1 Å². The Morgan fingerprint density at radius 1 is 0.429 bits per heavy atom. The number of carbonyl (C=O) groups is 2. The van der Waals surface area contributed by atoms with E-state index in [-0.39, 0.29) is 34.9 Å². The van der Waals surface area contributed by atoms with Crippen LogP contribution >= 0.6 is 69.6 Å². The molecule has 0 aromatic carbocycles. The summed E-state index contributed by atoms with van der Waals surface area (Å²) in [6, 6.07) is 0. The average molecular weight is 730 g/mol. The molecule has 0 spiro atoms. The third-order valence-corrected chi connectivity index (χ3v) is 7.25. The van der Waals surface area contributed by atoms with Gasteiger partial charge in [-0.3, -0.25) is 19.4 Å². The van der Waals surface area contributed by atoms with Gasteiger partial charge in [0, 0.05) is 68.8 Å². The first-order chi connectivity index (χ1) is 19.8. The molecule has 2 bridgehead atoms.